The Balaban J connectivity index is 1.77. The van der Waals surface area contributed by atoms with Crippen molar-refractivity contribution < 1.29 is 13.9 Å². The third-order valence-corrected chi connectivity index (χ3v) is 4.47. The van der Waals surface area contributed by atoms with Crippen molar-refractivity contribution in [1.82, 2.24) is 15.5 Å². The molecule has 3 rings (SSSR count). The number of piperidine rings is 1. The Morgan fingerprint density at radius 1 is 1.39 bits per heavy atom. The second-order valence-electron chi connectivity index (χ2n) is 6.16. The highest BCUT2D eigenvalue weighted by molar-refractivity contribution is 5.83. The molecule has 0 radical (unpaired) electrons. The van der Waals surface area contributed by atoms with Crippen molar-refractivity contribution in [2.75, 3.05) is 39.4 Å². The summed E-state index contributed by atoms with van der Waals surface area (Å²) in [4.78, 5) is 15.0. The first-order valence-electron chi connectivity index (χ1n) is 8.32. The predicted molar refractivity (Wildman–Crippen MR) is 85.6 cm³/mol. The van der Waals surface area contributed by atoms with E-state index in [0.29, 0.717) is 31.9 Å². The molecule has 2 atom stereocenters. The van der Waals surface area contributed by atoms with E-state index >= 15 is 0 Å². The lowest BCUT2D eigenvalue weighted by Crippen LogP contribution is -2.51. The normalized spacial score (nSPS) is 24.1. The Bertz CT molecular complexity index is 528. The van der Waals surface area contributed by atoms with E-state index in [1.54, 1.807) is 6.07 Å². The molecular weight excluding hydrogens is 297 g/mol. The van der Waals surface area contributed by atoms with Crippen molar-refractivity contribution in [3.05, 3.63) is 35.6 Å². The first kappa shape index (κ1) is 16.4. The minimum Gasteiger partial charge on any atom is -0.379 e. The number of nitrogens with one attached hydrogen (secondary N) is 2. The number of carbonyl (C=O) groups is 1. The van der Waals surface area contributed by atoms with Crippen LogP contribution in [0.25, 0.3) is 0 Å². The van der Waals surface area contributed by atoms with Crippen molar-refractivity contribution in [3.8, 4) is 0 Å². The van der Waals surface area contributed by atoms with Crippen LogP contribution in [0.3, 0.4) is 0 Å². The van der Waals surface area contributed by atoms with Crippen molar-refractivity contribution >= 4 is 5.91 Å². The SMILES string of the molecule is O=C(N[C@H]1CCCNC1)C(c1cccc(F)c1)N1CCOCC1. The average Bonchev–Trinajstić information content (AvgIpc) is 2.57. The number of rotatable bonds is 4. The molecule has 0 saturated carbocycles. The lowest BCUT2D eigenvalue weighted by Gasteiger charge is -2.35. The number of hydrogen-bond acceptors (Lipinski definition) is 4. The molecule has 0 aliphatic carbocycles. The monoisotopic (exact) mass is 321 g/mol. The zero-order valence-electron chi connectivity index (χ0n) is 13.3. The lowest BCUT2D eigenvalue weighted by molar-refractivity contribution is -0.129. The van der Waals surface area contributed by atoms with Crippen LogP contribution in [0.15, 0.2) is 24.3 Å². The largest absolute Gasteiger partial charge is 0.379 e. The van der Waals surface area contributed by atoms with Gasteiger partial charge in [0.15, 0.2) is 0 Å². The Morgan fingerprint density at radius 3 is 2.91 bits per heavy atom. The van der Waals surface area contributed by atoms with E-state index in [4.69, 9.17) is 4.74 Å². The van der Waals surface area contributed by atoms with E-state index in [2.05, 4.69) is 15.5 Å². The summed E-state index contributed by atoms with van der Waals surface area (Å²) in [5.41, 5.74) is 0.702. The molecule has 0 spiro atoms. The van der Waals surface area contributed by atoms with Gasteiger partial charge in [0.05, 0.1) is 13.2 Å². The summed E-state index contributed by atoms with van der Waals surface area (Å²) >= 11 is 0. The molecule has 2 N–H and O–H groups in total. The average molecular weight is 321 g/mol. The highest BCUT2D eigenvalue weighted by atomic mass is 19.1. The number of amides is 1. The van der Waals surface area contributed by atoms with Crippen LogP contribution in [0, 0.1) is 5.82 Å². The van der Waals surface area contributed by atoms with E-state index in [0.717, 1.165) is 25.9 Å². The first-order chi connectivity index (χ1) is 11.2. The van der Waals surface area contributed by atoms with Crippen LogP contribution in [-0.2, 0) is 9.53 Å². The van der Waals surface area contributed by atoms with Crippen LogP contribution in [0.1, 0.15) is 24.4 Å². The first-order valence-corrected chi connectivity index (χ1v) is 8.32. The van der Waals surface area contributed by atoms with Gasteiger partial charge in [0.25, 0.3) is 0 Å². The molecule has 23 heavy (non-hydrogen) atoms. The molecule has 1 amide bonds. The topological polar surface area (TPSA) is 53.6 Å². The number of morpholine rings is 1. The molecule has 5 nitrogen and oxygen atoms in total. The fraction of sp³-hybridized carbons (Fsp3) is 0.588. The van der Waals surface area contributed by atoms with E-state index < -0.39 is 6.04 Å². The molecule has 0 aromatic heterocycles. The van der Waals surface area contributed by atoms with Gasteiger partial charge in [0.1, 0.15) is 11.9 Å². The van der Waals surface area contributed by atoms with Gasteiger partial charge in [-0.25, -0.2) is 4.39 Å². The number of carbonyl (C=O) groups excluding carboxylic acids is 1. The summed E-state index contributed by atoms with van der Waals surface area (Å²) in [7, 11) is 0. The molecule has 126 valence electrons. The maximum Gasteiger partial charge on any atom is 0.242 e. The third-order valence-electron chi connectivity index (χ3n) is 4.47. The van der Waals surface area contributed by atoms with Gasteiger partial charge in [-0.2, -0.15) is 0 Å². The molecule has 1 aromatic carbocycles. The highest BCUT2D eigenvalue weighted by Crippen LogP contribution is 2.23. The third kappa shape index (κ3) is 4.28. The van der Waals surface area contributed by atoms with Crippen molar-refractivity contribution in [1.29, 1.82) is 0 Å². The number of nitrogens with zero attached hydrogens (tertiary/aromatic N) is 1. The van der Waals surface area contributed by atoms with Gasteiger partial charge in [-0.1, -0.05) is 12.1 Å². The molecule has 1 unspecified atom stereocenters. The van der Waals surface area contributed by atoms with Crippen LogP contribution in [0.5, 0.6) is 0 Å². The quantitative estimate of drug-likeness (QED) is 0.871. The summed E-state index contributed by atoms with van der Waals surface area (Å²) in [5, 5.41) is 6.43. The van der Waals surface area contributed by atoms with Crippen LogP contribution in [0.2, 0.25) is 0 Å². The zero-order valence-corrected chi connectivity index (χ0v) is 13.3. The molecule has 2 fully saturated rings. The number of hydrogen-bond donors (Lipinski definition) is 2. The van der Waals surface area contributed by atoms with Gasteiger partial charge in [0.2, 0.25) is 5.91 Å². The number of benzene rings is 1. The van der Waals surface area contributed by atoms with Gasteiger partial charge >= 0.3 is 0 Å². The summed E-state index contributed by atoms with van der Waals surface area (Å²) in [6, 6.07) is 6.03. The van der Waals surface area contributed by atoms with Crippen LogP contribution in [0.4, 0.5) is 4.39 Å². The molecular formula is C17H24FN3O2. The minimum absolute atomic E-state index is 0.0498. The molecule has 2 aliphatic heterocycles. The molecule has 0 bridgehead atoms. The van der Waals surface area contributed by atoms with Crippen molar-refractivity contribution in [3.63, 3.8) is 0 Å². The molecule has 2 saturated heterocycles. The van der Waals surface area contributed by atoms with Gasteiger partial charge in [0, 0.05) is 25.7 Å². The second-order valence-corrected chi connectivity index (χ2v) is 6.16. The minimum atomic E-state index is -0.462. The second kappa shape index (κ2) is 7.86. The van der Waals surface area contributed by atoms with Crippen LogP contribution in [-0.4, -0.2) is 56.2 Å². The van der Waals surface area contributed by atoms with Gasteiger partial charge < -0.3 is 15.4 Å². The molecule has 1 aromatic rings. The Labute approximate surface area is 136 Å². The lowest BCUT2D eigenvalue weighted by atomic mass is 10.0. The fourth-order valence-corrected chi connectivity index (χ4v) is 3.30. The van der Waals surface area contributed by atoms with Gasteiger partial charge in [-0.15, -0.1) is 0 Å². The zero-order chi connectivity index (χ0) is 16.1. The number of halogens is 1. The summed E-state index contributed by atoms with van der Waals surface area (Å²) in [6.45, 7) is 4.36. The summed E-state index contributed by atoms with van der Waals surface area (Å²) < 4.78 is 19.0. The van der Waals surface area contributed by atoms with Gasteiger partial charge in [-0.3, -0.25) is 9.69 Å². The van der Waals surface area contributed by atoms with Crippen molar-refractivity contribution in [2.45, 2.75) is 24.9 Å². The Hall–Kier alpha value is -1.50. The van der Waals surface area contributed by atoms with E-state index in [1.807, 2.05) is 6.07 Å². The maximum atomic E-state index is 13.6. The summed E-state index contributed by atoms with van der Waals surface area (Å²) in [5.74, 6) is -0.362. The van der Waals surface area contributed by atoms with Crippen molar-refractivity contribution in [2.24, 2.45) is 0 Å². The van der Waals surface area contributed by atoms with Crippen LogP contribution < -0.4 is 10.6 Å². The smallest absolute Gasteiger partial charge is 0.242 e. The van der Waals surface area contributed by atoms with E-state index in [-0.39, 0.29) is 17.8 Å². The Kier molecular flexibility index (Phi) is 5.59. The van der Waals surface area contributed by atoms with E-state index in [1.165, 1.54) is 12.1 Å². The standard InChI is InChI=1S/C17H24FN3O2/c18-14-4-1-3-13(11-14)16(21-7-9-23-10-8-21)17(22)20-15-5-2-6-19-12-15/h1,3-4,11,15-16,19H,2,5-10,12H2,(H,20,22)/t15-,16?/m0/s1. The molecule has 2 heterocycles. The van der Waals surface area contributed by atoms with Gasteiger partial charge in [-0.05, 0) is 37.1 Å². The summed E-state index contributed by atoms with van der Waals surface area (Å²) in [6.07, 6.45) is 2.05. The Morgan fingerprint density at radius 2 is 2.22 bits per heavy atom. The molecule has 2 aliphatic rings. The molecule has 6 heteroatoms. The van der Waals surface area contributed by atoms with Crippen LogP contribution >= 0.6 is 0 Å². The maximum absolute atomic E-state index is 13.6. The number of ether oxygens (including phenoxy) is 1. The fourth-order valence-electron chi connectivity index (χ4n) is 3.30. The predicted octanol–water partition coefficient (Wildman–Crippen LogP) is 1.07. The highest BCUT2D eigenvalue weighted by Gasteiger charge is 2.30. The van der Waals surface area contributed by atoms with E-state index in [9.17, 15) is 9.18 Å².